The number of aromatic nitrogens is 1. The Kier molecular flexibility index (Phi) is 3.52. The van der Waals surface area contributed by atoms with Gasteiger partial charge in [0.05, 0.1) is 10.5 Å². The molecule has 0 bridgehead atoms. The van der Waals surface area contributed by atoms with Crippen molar-refractivity contribution in [1.29, 1.82) is 0 Å². The maximum atomic E-state index is 6.20. The van der Waals surface area contributed by atoms with E-state index in [2.05, 4.69) is 26.9 Å². The van der Waals surface area contributed by atoms with Crippen molar-refractivity contribution in [2.24, 2.45) is 17.3 Å². The first kappa shape index (κ1) is 13.8. The summed E-state index contributed by atoms with van der Waals surface area (Å²) in [5.41, 5.74) is 4.88. The van der Waals surface area contributed by atoms with E-state index in [0.29, 0.717) is 5.02 Å². The lowest BCUT2D eigenvalue weighted by molar-refractivity contribution is 0.915. The number of nitrogens with zero attached hydrogens (tertiary/aromatic N) is 3. The lowest BCUT2D eigenvalue weighted by Gasteiger charge is -2.01. The number of rotatable bonds is 2. The van der Waals surface area contributed by atoms with Gasteiger partial charge in [-0.1, -0.05) is 41.9 Å². The third kappa shape index (κ3) is 2.34. The second-order valence-corrected chi connectivity index (χ2v) is 5.52. The molecule has 1 aromatic heterocycles. The number of azo groups is 1. The van der Waals surface area contributed by atoms with E-state index in [4.69, 9.17) is 11.6 Å². The van der Waals surface area contributed by atoms with Gasteiger partial charge in [-0.2, -0.15) is 0 Å². The third-order valence-electron chi connectivity index (χ3n) is 3.80. The number of halogens is 1. The van der Waals surface area contributed by atoms with E-state index in [1.807, 2.05) is 51.2 Å². The van der Waals surface area contributed by atoms with E-state index in [0.717, 1.165) is 33.5 Å². The summed E-state index contributed by atoms with van der Waals surface area (Å²) in [6.07, 6.45) is 0. The first-order valence-electron chi connectivity index (χ1n) is 6.80. The van der Waals surface area contributed by atoms with Gasteiger partial charge in [-0.15, -0.1) is 10.2 Å². The second kappa shape index (κ2) is 5.34. The van der Waals surface area contributed by atoms with Crippen molar-refractivity contribution in [2.45, 2.75) is 13.8 Å². The Morgan fingerprint density at radius 2 is 1.62 bits per heavy atom. The molecule has 0 unspecified atom stereocenters. The molecule has 21 heavy (non-hydrogen) atoms. The molecule has 3 nitrogen and oxygen atoms in total. The molecule has 0 aliphatic heterocycles. The SMILES string of the molecule is Cc1cccc(Cl)c1N=Nc1c(C)n(C)c2ccccc12. The minimum atomic E-state index is 0.622. The lowest BCUT2D eigenvalue weighted by atomic mass is 10.2. The van der Waals surface area contributed by atoms with E-state index < -0.39 is 0 Å². The van der Waals surface area contributed by atoms with Crippen molar-refractivity contribution in [2.75, 3.05) is 0 Å². The molecular formula is C17H16ClN3. The maximum Gasteiger partial charge on any atom is 0.114 e. The standard InChI is InChI=1S/C17H16ClN3/c1-11-7-6-9-14(18)16(11)19-20-17-12(2)21(3)15-10-5-4-8-13(15)17/h4-10H,1-3H3. The van der Waals surface area contributed by atoms with E-state index in [9.17, 15) is 0 Å². The van der Waals surface area contributed by atoms with E-state index in [-0.39, 0.29) is 0 Å². The summed E-state index contributed by atoms with van der Waals surface area (Å²) < 4.78 is 2.13. The van der Waals surface area contributed by atoms with Crippen LogP contribution in [0.5, 0.6) is 0 Å². The van der Waals surface area contributed by atoms with Crippen molar-refractivity contribution in [3.05, 3.63) is 58.7 Å². The van der Waals surface area contributed by atoms with Crippen molar-refractivity contribution >= 4 is 33.9 Å². The fraction of sp³-hybridized carbons (Fsp3) is 0.176. The Balaban J connectivity index is 2.14. The molecule has 3 rings (SSSR count). The fourth-order valence-corrected chi connectivity index (χ4v) is 2.74. The Morgan fingerprint density at radius 3 is 2.38 bits per heavy atom. The normalized spacial score (nSPS) is 11.6. The van der Waals surface area contributed by atoms with Crippen LogP contribution in [0.2, 0.25) is 5.02 Å². The molecule has 1 heterocycles. The maximum absolute atomic E-state index is 6.20. The van der Waals surface area contributed by atoms with Crippen LogP contribution in [0.1, 0.15) is 11.3 Å². The first-order valence-corrected chi connectivity index (χ1v) is 7.18. The van der Waals surface area contributed by atoms with Gasteiger partial charge in [0.15, 0.2) is 0 Å². The summed E-state index contributed by atoms with van der Waals surface area (Å²) in [6.45, 7) is 4.03. The highest BCUT2D eigenvalue weighted by Crippen LogP contribution is 2.35. The predicted octanol–water partition coefficient (Wildman–Crippen LogP) is 5.86. The van der Waals surface area contributed by atoms with Crippen LogP contribution < -0.4 is 0 Å². The van der Waals surface area contributed by atoms with Gasteiger partial charge in [-0.3, -0.25) is 0 Å². The Hall–Kier alpha value is -2.13. The van der Waals surface area contributed by atoms with Crippen LogP contribution >= 0.6 is 11.6 Å². The Labute approximate surface area is 128 Å². The molecule has 0 atom stereocenters. The predicted molar refractivity (Wildman–Crippen MR) is 88.0 cm³/mol. The average molecular weight is 298 g/mol. The second-order valence-electron chi connectivity index (χ2n) is 5.12. The largest absolute Gasteiger partial charge is 0.346 e. The number of aryl methyl sites for hydroxylation is 2. The molecule has 0 saturated carbocycles. The minimum Gasteiger partial charge on any atom is -0.346 e. The van der Waals surface area contributed by atoms with E-state index in [1.165, 1.54) is 0 Å². The molecule has 0 fully saturated rings. The molecule has 0 radical (unpaired) electrons. The smallest absolute Gasteiger partial charge is 0.114 e. The zero-order valence-electron chi connectivity index (χ0n) is 12.3. The quantitative estimate of drug-likeness (QED) is 0.530. The van der Waals surface area contributed by atoms with E-state index >= 15 is 0 Å². The van der Waals surface area contributed by atoms with Gasteiger partial charge in [-0.25, -0.2) is 0 Å². The zero-order chi connectivity index (χ0) is 15.0. The highest BCUT2D eigenvalue weighted by molar-refractivity contribution is 6.33. The van der Waals surface area contributed by atoms with Gasteiger partial charge in [0, 0.05) is 18.1 Å². The average Bonchev–Trinajstić information content (AvgIpc) is 2.72. The highest BCUT2D eigenvalue weighted by atomic mass is 35.5. The van der Waals surface area contributed by atoms with Gasteiger partial charge in [0.1, 0.15) is 11.4 Å². The topological polar surface area (TPSA) is 29.6 Å². The number of hydrogen-bond acceptors (Lipinski definition) is 2. The fourth-order valence-electron chi connectivity index (χ4n) is 2.48. The van der Waals surface area contributed by atoms with Crippen molar-refractivity contribution in [3.8, 4) is 0 Å². The molecule has 3 aromatic rings. The molecule has 0 spiro atoms. The first-order chi connectivity index (χ1) is 10.1. The molecule has 0 saturated heterocycles. The molecule has 106 valence electrons. The summed E-state index contributed by atoms with van der Waals surface area (Å²) in [7, 11) is 2.04. The third-order valence-corrected chi connectivity index (χ3v) is 4.11. The summed E-state index contributed by atoms with van der Waals surface area (Å²) >= 11 is 6.20. The van der Waals surface area contributed by atoms with Gasteiger partial charge >= 0.3 is 0 Å². The van der Waals surface area contributed by atoms with Crippen LogP contribution in [0.4, 0.5) is 11.4 Å². The molecule has 0 amide bonds. The van der Waals surface area contributed by atoms with Crippen molar-refractivity contribution in [1.82, 2.24) is 4.57 Å². The minimum absolute atomic E-state index is 0.622. The van der Waals surface area contributed by atoms with Crippen LogP contribution in [0.3, 0.4) is 0 Å². The van der Waals surface area contributed by atoms with Crippen LogP contribution in [-0.4, -0.2) is 4.57 Å². The van der Waals surface area contributed by atoms with Gasteiger partial charge in [0.2, 0.25) is 0 Å². The zero-order valence-corrected chi connectivity index (χ0v) is 13.0. The molecule has 4 heteroatoms. The van der Waals surface area contributed by atoms with E-state index in [1.54, 1.807) is 0 Å². The van der Waals surface area contributed by atoms with Crippen molar-refractivity contribution in [3.63, 3.8) is 0 Å². The lowest BCUT2D eigenvalue weighted by Crippen LogP contribution is -1.88. The van der Waals surface area contributed by atoms with Crippen molar-refractivity contribution < 1.29 is 0 Å². The number of benzene rings is 2. The summed E-state index contributed by atoms with van der Waals surface area (Å²) in [6, 6.07) is 13.9. The Bertz CT molecular complexity index is 826. The Morgan fingerprint density at radius 1 is 0.905 bits per heavy atom. The van der Waals surface area contributed by atoms with Gasteiger partial charge in [-0.05, 0) is 31.5 Å². The summed E-state index contributed by atoms with van der Waals surface area (Å²) in [4.78, 5) is 0. The van der Waals surface area contributed by atoms with Gasteiger partial charge < -0.3 is 4.57 Å². The van der Waals surface area contributed by atoms with Crippen LogP contribution in [-0.2, 0) is 7.05 Å². The molecule has 0 N–H and O–H groups in total. The number of para-hydroxylation sites is 1. The monoisotopic (exact) mass is 297 g/mol. The summed E-state index contributed by atoms with van der Waals surface area (Å²) in [5.74, 6) is 0. The van der Waals surface area contributed by atoms with Crippen LogP contribution in [0, 0.1) is 13.8 Å². The highest BCUT2D eigenvalue weighted by Gasteiger charge is 2.11. The van der Waals surface area contributed by atoms with Crippen LogP contribution in [0.25, 0.3) is 10.9 Å². The number of hydrogen-bond donors (Lipinski definition) is 0. The molecule has 0 aliphatic carbocycles. The summed E-state index contributed by atoms with van der Waals surface area (Å²) in [5, 5.41) is 10.6. The van der Waals surface area contributed by atoms with Crippen LogP contribution in [0.15, 0.2) is 52.7 Å². The molecule has 2 aromatic carbocycles. The van der Waals surface area contributed by atoms with Gasteiger partial charge in [0.25, 0.3) is 0 Å². The number of fused-ring (bicyclic) bond motifs is 1. The molecule has 0 aliphatic rings. The molecular weight excluding hydrogens is 282 g/mol.